The number of H-pyrrole nitrogens is 1. The van der Waals surface area contributed by atoms with Crippen LogP contribution in [0, 0.1) is 16.7 Å². The molecule has 23 heavy (non-hydrogen) atoms. The number of nitrogens with one attached hydrogen (secondary N) is 1. The molecular weight excluding hydrogens is 290 g/mol. The highest BCUT2D eigenvalue weighted by Gasteiger charge is 2.45. The molecule has 1 aromatic carbocycles. The molecule has 5 heteroatoms. The number of aliphatic hydroxyl groups is 1. The molecule has 1 aliphatic carbocycles. The Labute approximate surface area is 134 Å². The minimum Gasteiger partial charge on any atom is -0.393 e. The van der Waals surface area contributed by atoms with Gasteiger partial charge in [-0.05, 0) is 37.2 Å². The fourth-order valence-corrected chi connectivity index (χ4v) is 4.21. The monoisotopic (exact) mass is 309 g/mol. The van der Waals surface area contributed by atoms with Crippen molar-refractivity contribution in [1.82, 2.24) is 4.98 Å². The fourth-order valence-electron chi connectivity index (χ4n) is 4.21. The number of piperidine rings is 1. The first-order valence-electron chi connectivity index (χ1n) is 8.10. The van der Waals surface area contributed by atoms with E-state index in [1.165, 1.54) is 0 Å². The third-order valence-corrected chi connectivity index (χ3v) is 5.48. The van der Waals surface area contributed by atoms with Crippen LogP contribution in [0.1, 0.15) is 31.2 Å². The summed E-state index contributed by atoms with van der Waals surface area (Å²) in [5.41, 5.74) is 1.70. The predicted molar refractivity (Wildman–Crippen MR) is 88.4 cm³/mol. The van der Waals surface area contributed by atoms with Crippen molar-refractivity contribution in [3.63, 3.8) is 0 Å². The number of aromatic amines is 1. The second-order valence-electron chi connectivity index (χ2n) is 6.88. The number of rotatable bonds is 1. The van der Waals surface area contributed by atoms with Crippen LogP contribution in [-0.2, 0) is 0 Å². The van der Waals surface area contributed by atoms with Crippen molar-refractivity contribution in [1.29, 1.82) is 5.26 Å². The van der Waals surface area contributed by atoms with E-state index < -0.39 is 0 Å². The van der Waals surface area contributed by atoms with Gasteiger partial charge in [-0.15, -0.1) is 0 Å². The maximum atomic E-state index is 12.2. The lowest BCUT2D eigenvalue weighted by atomic mass is 9.61. The van der Waals surface area contributed by atoms with Crippen molar-refractivity contribution >= 4 is 16.6 Å². The van der Waals surface area contributed by atoms with E-state index in [4.69, 9.17) is 0 Å². The first-order chi connectivity index (χ1) is 11.1. The molecule has 2 fully saturated rings. The maximum Gasteiger partial charge on any atom is 0.268 e. The van der Waals surface area contributed by atoms with Gasteiger partial charge in [0.15, 0.2) is 0 Å². The van der Waals surface area contributed by atoms with Crippen molar-refractivity contribution in [2.24, 2.45) is 5.41 Å². The van der Waals surface area contributed by atoms with E-state index in [0.29, 0.717) is 0 Å². The van der Waals surface area contributed by atoms with Crippen LogP contribution < -0.4 is 10.5 Å². The summed E-state index contributed by atoms with van der Waals surface area (Å²) < 4.78 is 0. The summed E-state index contributed by atoms with van der Waals surface area (Å²) in [7, 11) is 0. The third-order valence-electron chi connectivity index (χ3n) is 5.48. The third kappa shape index (κ3) is 2.22. The highest BCUT2D eigenvalue weighted by atomic mass is 16.3. The summed E-state index contributed by atoms with van der Waals surface area (Å²) >= 11 is 0. The Kier molecular flexibility index (Phi) is 3.17. The summed E-state index contributed by atoms with van der Waals surface area (Å²) in [6.07, 6.45) is 3.66. The van der Waals surface area contributed by atoms with Crippen molar-refractivity contribution < 1.29 is 5.11 Å². The van der Waals surface area contributed by atoms with Crippen LogP contribution in [-0.4, -0.2) is 29.3 Å². The summed E-state index contributed by atoms with van der Waals surface area (Å²) in [5.74, 6) is 0. The Bertz CT molecular complexity index is 849. The van der Waals surface area contributed by atoms with Crippen LogP contribution in [0.15, 0.2) is 29.1 Å². The van der Waals surface area contributed by atoms with Gasteiger partial charge in [0.25, 0.3) is 5.56 Å². The van der Waals surface area contributed by atoms with Gasteiger partial charge in [-0.3, -0.25) is 4.79 Å². The number of hydrogen-bond donors (Lipinski definition) is 2. The molecule has 1 aliphatic heterocycles. The summed E-state index contributed by atoms with van der Waals surface area (Å²) in [6.45, 7) is 1.66. The smallest absolute Gasteiger partial charge is 0.268 e. The molecule has 1 saturated carbocycles. The molecule has 0 bridgehead atoms. The molecule has 2 aromatic rings. The molecule has 1 spiro atoms. The highest BCUT2D eigenvalue weighted by molar-refractivity contribution is 5.94. The number of nitrogens with zero attached hydrogens (tertiary/aromatic N) is 2. The highest BCUT2D eigenvalue weighted by Crippen LogP contribution is 2.49. The second kappa shape index (κ2) is 5.10. The first-order valence-corrected chi connectivity index (χ1v) is 8.10. The molecule has 5 nitrogen and oxygen atoms in total. The Morgan fingerprint density at radius 2 is 1.96 bits per heavy atom. The topological polar surface area (TPSA) is 80.1 Å². The van der Waals surface area contributed by atoms with Gasteiger partial charge < -0.3 is 15.0 Å². The normalized spacial score (nSPS) is 20.4. The lowest BCUT2D eigenvalue weighted by Gasteiger charge is -2.51. The Morgan fingerprint density at radius 3 is 2.61 bits per heavy atom. The van der Waals surface area contributed by atoms with Gasteiger partial charge in [-0.25, -0.2) is 0 Å². The van der Waals surface area contributed by atoms with Gasteiger partial charge in [0, 0.05) is 18.5 Å². The van der Waals surface area contributed by atoms with E-state index in [1.807, 2.05) is 24.3 Å². The van der Waals surface area contributed by atoms with Gasteiger partial charge in [0.2, 0.25) is 0 Å². The predicted octanol–water partition coefficient (Wildman–Crippen LogP) is 2.14. The summed E-state index contributed by atoms with van der Waals surface area (Å²) in [6, 6.07) is 9.72. The van der Waals surface area contributed by atoms with Gasteiger partial charge in [-0.1, -0.05) is 18.2 Å². The fraction of sp³-hybridized carbons (Fsp3) is 0.444. The molecule has 1 aromatic heterocycles. The van der Waals surface area contributed by atoms with Crippen molar-refractivity contribution in [2.75, 3.05) is 18.0 Å². The number of nitriles is 1. The molecule has 0 unspecified atom stereocenters. The summed E-state index contributed by atoms with van der Waals surface area (Å²) in [5, 5.41) is 20.0. The van der Waals surface area contributed by atoms with Crippen LogP contribution in [0.3, 0.4) is 0 Å². The zero-order valence-electron chi connectivity index (χ0n) is 12.9. The standard InChI is InChI=1S/C18H19N3O2/c19-11-14-16(13-3-1-2-4-15(13)20-17(14)23)21-7-5-18(6-8-21)9-12(22)10-18/h1-4,12,22H,5-10H2,(H,20,23). The van der Waals surface area contributed by atoms with Crippen LogP contribution in [0.5, 0.6) is 0 Å². The van der Waals surface area contributed by atoms with E-state index in [0.717, 1.165) is 55.4 Å². The van der Waals surface area contributed by atoms with E-state index in [1.54, 1.807) is 0 Å². The van der Waals surface area contributed by atoms with Crippen LogP contribution in [0.2, 0.25) is 0 Å². The first kappa shape index (κ1) is 14.3. The lowest BCUT2D eigenvalue weighted by Crippen LogP contribution is -2.49. The largest absolute Gasteiger partial charge is 0.393 e. The average Bonchev–Trinajstić information content (AvgIpc) is 2.53. The molecule has 0 radical (unpaired) electrons. The number of fused-ring (bicyclic) bond motifs is 1. The maximum absolute atomic E-state index is 12.2. The van der Waals surface area contributed by atoms with Gasteiger partial charge in [-0.2, -0.15) is 5.26 Å². The van der Waals surface area contributed by atoms with Gasteiger partial charge >= 0.3 is 0 Å². The summed E-state index contributed by atoms with van der Waals surface area (Å²) in [4.78, 5) is 17.2. The number of pyridine rings is 1. The SMILES string of the molecule is N#Cc1c(N2CCC3(CC2)CC(O)C3)c2ccccc2[nH]c1=O. The number of hydrogen-bond acceptors (Lipinski definition) is 4. The Morgan fingerprint density at radius 1 is 1.26 bits per heavy atom. The number of benzene rings is 1. The molecule has 0 amide bonds. The minimum atomic E-state index is -0.319. The number of para-hydroxylation sites is 1. The minimum absolute atomic E-state index is 0.142. The molecule has 0 atom stereocenters. The molecule has 4 rings (SSSR count). The zero-order valence-corrected chi connectivity index (χ0v) is 12.9. The molecule has 2 N–H and O–H groups in total. The van der Waals surface area contributed by atoms with E-state index in [2.05, 4.69) is 16.0 Å². The Hall–Kier alpha value is -2.32. The quantitative estimate of drug-likeness (QED) is 0.846. The van der Waals surface area contributed by atoms with Crippen LogP contribution in [0.25, 0.3) is 10.9 Å². The molecule has 1 saturated heterocycles. The molecule has 2 aliphatic rings. The van der Waals surface area contributed by atoms with Gasteiger partial charge in [0.05, 0.1) is 17.3 Å². The lowest BCUT2D eigenvalue weighted by molar-refractivity contribution is -0.0463. The van der Waals surface area contributed by atoms with Gasteiger partial charge in [0.1, 0.15) is 11.6 Å². The molecule has 2 heterocycles. The molecule has 118 valence electrons. The number of aliphatic hydroxyl groups excluding tert-OH is 1. The van der Waals surface area contributed by atoms with E-state index >= 15 is 0 Å². The van der Waals surface area contributed by atoms with E-state index in [-0.39, 0.29) is 22.6 Å². The average molecular weight is 309 g/mol. The van der Waals surface area contributed by atoms with Crippen molar-refractivity contribution in [2.45, 2.75) is 31.8 Å². The van der Waals surface area contributed by atoms with Crippen molar-refractivity contribution in [3.8, 4) is 6.07 Å². The van der Waals surface area contributed by atoms with Crippen LogP contribution >= 0.6 is 0 Å². The van der Waals surface area contributed by atoms with Crippen molar-refractivity contribution in [3.05, 3.63) is 40.2 Å². The number of anilines is 1. The van der Waals surface area contributed by atoms with E-state index in [9.17, 15) is 15.2 Å². The molecular formula is C18H19N3O2. The van der Waals surface area contributed by atoms with Crippen LogP contribution in [0.4, 0.5) is 5.69 Å². The number of aromatic nitrogens is 1. The Balaban J connectivity index is 1.74. The zero-order chi connectivity index (χ0) is 16.0. The second-order valence-corrected chi connectivity index (χ2v) is 6.88.